The van der Waals surface area contributed by atoms with E-state index in [4.69, 9.17) is 19.3 Å². The van der Waals surface area contributed by atoms with Gasteiger partial charge in [0, 0.05) is 17.8 Å². The monoisotopic (exact) mass is 472 g/mol. The summed E-state index contributed by atoms with van der Waals surface area (Å²) in [6, 6.07) is 13.5. The first-order valence-electron chi connectivity index (χ1n) is 10.6. The van der Waals surface area contributed by atoms with Gasteiger partial charge < -0.3 is 24.6 Å². The number of quaternary nitrogens is 1. The summed E-state index contributed by atoms with van der Waals surface area (Å²) in [5, 5.41) is 7.72. The van der Waals surface area contributed by atoms with Crippen LogP contribution in [-0.4, -0.2) is 42.2 Å². The topological polar surface area (TPSA) is 141 Å². The number of aromatic nitrogens is 2. The van der Waals surface area contributed by atoms with Crippen LogP contribution in [0.4, 0.5) is 17.4 Å². The molecular formula is C24H22N7O4+. The van der Waals surface area contributed by atoms with Crippen LogP contribution in [0.5, 0.6) is 5.75 Å². The summed E-state index contributed by atoms with van der Waals surface area (Å²) < 4.78 is 16.9. The zero-order valence-electron chi connectivity index (χ0n) is 19.0. The van der Waals surface area contributed by atoms with Crippen LogP contribution < -0.4 is 20.4 Å². The van der Waals surface area contributed by atoms with Gasteiger partial charge in [0.25, 0.3) is 6.01 Å². The summed E-state index contributed by atoms with van der Waals surface area (Å²) in [6.07, 6.45) is 6.25. The summed E-state index contributed by atoms with van der Waals surface area (Å²) >= 11 is 0. The maximum Gasteiger partial charge on any atom is 0.299 e. The van der Waals surface area contributed by atoms with Crippen molar-refractivity contribution in [2.75, 3.05) is 19.5 Å². The maximum absolute atomic E-state index is 11.3. The fourth-order valence-electron chi connectivity index (χ4n) is 3.80. The number of methoxy groups -OCH3 is 1. The SMILES string of the molecule is COc1cc(Nc2ncc(-c3ccccc3[N+]3(C)C=NC(CC(N)=O)=N3)o2)ccc1-c1cnco1. The van der Waals surface area contributed by atoms with E-state index in [-0.39, 0.29) is 11.0 Å². The van der Waals surface area contributed by atoms with E-state index in [9.17, 15) is 4.79 Å². The van der Waals surface area contributed by atoms with Gasteiger partial charge in [0.15, 0.2) is 29.4 Å². The molecule has 0 bridgehead atoms. The molecule has 5 rings (SSSR count). The number of rotatable bonds is 8. The summed E-state index contributed by atoms with van der Waals surface area (Å²) in [4.78, 5) is 23.9. The molecule has 0 spiro atoms. The molecule has 0 fully saturated rings. The maximum atomic E-state index is 11.3. The van der Waals surface area contributed by atoms with Crippen LogP contribution in [0.3, 0.4) is 0 Å². The highest BCUT2D eigenvalue weighted by atomic mass is 16.5. The van der Waals surface area contributed by atoms with Crippen LogP contribution in [0, 0.1) is 0 Å². The third-order valence-electron chi connectivity index (χ3n) is 5.40. The smallest absolute Gasteiger partial charge is 0.299 e. The summed E-state index contributed by atoms with van der Waals surface area (Å²) in [7, 11) is 3.44. The Hall–Kier alpha value is -4.77. The number of amides is 1. The lowest BCUT2D eigenvalue weighted by Gasteiger charge is -2.20. The van der Waals surface area contributed by atoms with Crippen molar-refractivity contribution in [3.8, 4) is 28.4 Å². The van der Waals surface area contributed by atoms with E-state index >= 15 is 0 Å². The van der Waals surface area contributed by atoms with Gasteiger partial charge in [-0.25, -0.2) is 9.97 Å². The quantitative estimate of drug-likeness (QED) is 0.370. The lowest BCUT2D eigenvalue weighted by molar-refractivity contribution is -0.116. The van der Waals surface area contributed by atoms with Crippen molar-refractivity contribution >= 4 is 35.5 Å². The molecule has 1 amide bonds. The van der Waals surface area contributed by atoms with Gasteiger partial charge in [-0.3, -0.25) is 4.79 Å². The number of nitrogens with one attached hydrogen (secondary N) is 1. The molecule has 2 aromatic carbocycles. The minimum absolute atomic E-state index is 0.0164. The van der Waals surface area contributed by atoms with Crippen molar-refractivity contribution in [2.24, 2.45) is 15.8 Å². The molecule has 1 unspecified atom stereocenters. The lowest BCUT2D eigenvalue weighted by Crippen LogP contribution is -2.36. The van der Waals surface area contributed by atoms with E-state index in [0.29, 0.717) is 29.1 Å². The Morgan fingerprint density at radius 1 is 1.14 bits per heavy atom. The van der Waals surface area contributed by atoms with E-state index in [1.165, 1.54) is 6.39 Å². The van der Waals surface area contributed by atoms with Crippen LogP contribution in [-0.2, 0) is 4.79 Å². The van der Waals surface area contributed by atoms with Crippen molar-refractivity contribution in [1.82, 2.24) is 14.6 Å². The first-order valence-corrected chi connectivity index (χ1v) is 10.6. The van der Waals surface area contributed by atoms with Gasteiger partial charge in [-0.05, 0) is 18.2 Å². The number of nitrogens with zero attached hydrogens (tertiary/aromatic N) is 5. The number of anilines is 2. The third kappa shape index (κ3) is 4.39. The van der Waals surface area contributed by atoms with Gasteiger partial charge in [-0.15, -0.1) is 4.59 Å². The number of oxazole rings is 2. The number of amidine groups is 1. The Morgan fingerprint density at radius 3 is 2.77 bits per heavy atom. The number of hydrogen-bond donors (Lipinski definition) is 2. The van der Waals surface area contributed by atoms with E-state index < -0.39 is 5.91 Å². The normalized spacial score (nSPS) is 16.8. The highest BCUT2D eigenvalue weighted by Gasteiger charge is 2.33. The molecule has 35 heavy (non-hydrogen) atoms. The second-order valence-electron chi connectivity index (χ2n) is 7.88. The van der Waals surface area contributed by atoms with Crippen LogP contribution in [0.15, 0.2) is 80.2 Å². The van der Waals surface area contributed by atoms with E-state index in [1.807, 2.05) is 49.5 Å². The number of carbonyl (C=O) groups excluding carboxylic acids is 1. The summed E-state index contributed by atoms with van der Waals surface area (Å²) in [6.45, 7) is 0. The molecule has 1 atom stereocenters. The predicted octanol–water partition coefficient (Wildman–Crippen LogP) is 3.92. The number of primary amides is 1. The fourth-order valence-corrected chi connectivity index (χ4v) is 3.80. The van der Waals surface area contributed by atoms with E-state index in [0.717, 1.165) is 22.5 Å². The Kier molecular flexibility index (Phi) is 5.59. The van der Waals surface area contributed by atoms with E-state index in [2.05, 4.69) is 25.4 Å². The highest BCUT2D eigenvalue weighted by molar-refractivity contribution is 6.06. The molecule has 11 nitrogen and oxygen atoms in total. The molecule has 2 aromatic heterocycles. The molecular weight excluding hydrogens is 450 g/mol. The predicted molar refractivity (Wildman–Crippen MR) is 131 cm³/mol. The number of nitrogens with two attached hydrogens (primary N) is 1. The zero-order chi connectivity index (χ0) is 24.4. The Labute approximate surface area is 200 Å². The van der Waals surface area contributed by atoms with Gasteiger partial charge in [0.05, 0.1) is 37.1 Å². The van der Waals surface area contributed by atoms with Crippen molar-refractivity contribution in [2.45, 2.75) is 6.42 Å². The number of para-hydroxylation sites is 1. The van der Waals surface area contributed by atoms with E-state index in [1.54, 1.807) is 25.8 Å². The van der Waals surface area contributed by atoms with Crippen LogP contribution in [0.1, 0.15) is 6.42 Å². The second kappa shape index (κ2) is 8.88. The van der Waals surface area contributed by atoms with Crippen LogP contribution in [0.25, 0.3) is 22.6 Å². The molecule has 1 aliphatic heterocycles. The van der Waals surface area contributed by atoms with Crippen LogP contribution >= 0.6 is 0 Å². The average Bonchev–Trinajstić information content (AvgIpc) is 3.61. The average molecular weight is 472 g/mol. The zero-order valence-corrected chi connectivity index (χ0v) is 19.0. The van der Waals surface area contributed by atoms with Gasteiger partial charge in [-0.2, -0.15) is 4.99 Å². The van der Waals surface area contributed by atoms with Crippen molar-refractivity contribution < 1.29 is 18.4 Å². The molecule has 0 radical (unpaired) electrons. The molecule has 3 heterocycles. The molecule has 0 saturated heterocycles. The number of ether oxygens (including phenoxy) is 1. The molecule has 11 heteroatoms. The summed E-state index contributed by atoms with van der Waals surface area (Å²) in [5.74, 6) is 1.64. The first kappa shape index (κ1) is 22.0. The van der Waals surface area contributed by atoms with Crippen molar-refractivity contribution in [3.63, 3.8) is 0 Å². The van der Waals surface area contributed by atoms with Gasteiger partial charge in [0.1, 0.15) is 12.8 Å². The van der Waals surface area contributed by atoms with Crippen molar-refractivity contribution in [3.05, 3.63) is 61.3 Å². The molecule has 0 saturated carbocycles. The number of benzene rings is 2. The fraction of sp³-hybridized carbons (Fsp3) is 0.125. The largest absolute Gasteiger partial charge is 0.496 e. The third-order valence-corrected chi connectivity index (χ3v) is 5.40. The minimum Gasteiger partial charge on any atom is -0.496 e. The number of aliphatic imine (C=N–C) groups is 1. The highest BCUT2D eigenvalue weighted by Crippen LogP contribution is 2.37. The lowest BCUT2D eigenvalue weighted by atomic mass is 10.1. The first-order chi connectivity index (χ1) is 16.9. The van der Waals surface area contributed by atoms with Gasteiger partial charge >= 0.3 is 0 Å². The minimum atomic E-state index is -0.487. The van der Waals surface area contributed by atoms with Crippen LogP contribution in [0.2, 0.25) is 0 Å². The molecule has 176 valence electrons. The second-order valence-corrected chi connectivity index (χ2v) is 7.88. The molecule has 0 aliphatic carbocycles. The summed E-state index contributed by atoms with van der Waals surface area (Å²) in [5.41, 5.74) is 8.37. The molecule has 1 aliphatic rings. The number of carbonyl (C=O) groups is 1. The Bertz CT molecular complexity index is 1440. The number of hydrogen-bond acceptors (Lipinski definition) is 9. The van der Waals surface area contributed by atoms with Gasteiger partial charge in [0.2, 0.25) is 12.2 Å². The van der Waals surface area contributed by atoms with Gasteiger partial charge in [-0.1, -0.05) is 17.2 Å². The molecule has 4 aromatic rings. The standard InChI is InChI=1S/C24H21N7O4/c1-31(13-28-23(30-31)10-22(25)32)18-6-4-3-5-16(18)21-12-27-24(35-21)29-15-7-8-17(19(9-15)33-2)20-11-26-14-34-20/h3-9,11-14H,10H2,1-2H3,(H2-,25,27,29,32)/p+1. The molecule has 3 N–H and O–H groups in total. The van der Waals surface area contributed by atoms with Crippen molar-refractivity contribution in [1.29, 1.82) is 0 Å². The Balaban J connectivity index is 1.41. The Morgan fingerprint density at radius 2 is 2.00 bits per heavy atom.